The normalized spacial score (nSPS) is 16.5. The second-order valence-electron chi connectivity index (χ2n) is 6.46. The molecule has 0 saturated carbocycles. The summed E-state index contributed by atoms with van der Waals surface area (Å²) in [6.45, 7) is 7.65. The van der Waals surface area contributed by atoms with Crippen LogP contribution in [0.25, 0.3) is 0 Å². The Bertz CT molecular complexity index is 576. The van der Waals surface area contributed by atoms with Crippen LogP contribution in [0.1, 0.15) is 26.7 Å². The van der Waals surface area contributed by atoms with Crippen LogP contribution in [0.2, 0.25) is 0 Å². The Morgan fingerprint density at radius 2 is 1.96 bits per heavy atom. The average molecular weight is 370 g/mol. The second-order valence-corrected chi connectivity index (χ2v) is 6.46. The van der Waals surface area contributed by atoms with E-state index in [2.05, 4.69) is 24.1 Å². The Morgan fingerprint density at radius 1 is 1.27 bits per heavy atom. The van der Waals surface area contributed by atoms with Crippen molar-refractivity contribution >= 4 is 5.91 Å². The average Bonchev–Trinajstić information content (AvgIpc) is 2.65. The smallest absolute Gasteiger partial charge is 0.257 e. The molecule has 0 spiro atoms. The summed E-state index contributed by atoms with van der Waals surface area (Å²) in [4.78, 5) is 14.5. The molecule has 1 atom stereocenters. The number of ether oxygens (including phenoxy) is 2. The van der Waals surface area contributed by atoms with Crippen LogP contribution in [0.3, 0.4) is 0 Å². The zero-order chi connectivity index (χ0) is 18.9. The maximum Gasteiger partial charge on any atom is 0.257 e. The van der Waals surface area contributed by atoms with Gasteiger partial charge >= 0.3 is 0 Å². The fraction of sp³-hybridized carbons (Fsp3) is 0.632. The number of carbonyl (C=O) groups is 1. The van der Waals surface area contributed by atoms with Gasteiger partial charge in [0.2, 0.25) is 0 Å². The monoisotopic (exact) mass is 370 g/mol. The van der Waals surface area contributed by atoms with Crippen molar-refractivity contribution in [1.82, 2.24) is 10.2 Å². The minimum atomic E-state index is -0.818. The molecule has 0 aromatic heterocycles. The van der Waals surface area contributed by atoms with E-state index in [4.69, 9.17) is 9.47 Å². The van der Waals surface area contributed by atoms with Crippen LogP contribution in [-0.2, 0) is 9.53 Å². The van der Waals surface area contributed by atoms with Gasteiger partial charge in [-0.05, 0) is 18.1 Å². The molecule has 0 aliphatic carbocycles. The predicted molar refractivity (Wildman–Crippen MR) is 95.1 cm³/mol. The van der Waals surface area contributed by atoms with Crippen LogP contribution in [0.4, 0.5) is 8.78 Å². The summed E-state index contributed by atoms with van der Waals surface area (Å²) in [5.74, 6) is -1.48. The van der Waals surface area contributed by atoms with Crippen molar-refractivity contribution in [2.45, 2.75) is 32.7 Å². The Hall–Kier alpha value is -1.73. The first-order chi connectivity index (χ1) is 12.5. The number of benzene rings is 1. The molecule has 5 nitrogen and oxygen atoms in total. The number of rotatable bonds is 9. The first-order valence-electron chi connectivity index (χ1n) is 9.21. The van der Waals surface area contributed by atoms with E-state index in [9.17, 15) is 13.6 Å². The molecule has 0 radical (unpaired) electrons. The Balaban J connectivity index is 1.87. The van der Waals surface area contributed by atoms with Gasteiger partial charge < -0.3 is 14.8 Å². The summed E-state index contributed by atoms with van der Waals surface area (Å²) in [5, 5.41) is 2.89. The van der Waals surface area contributed by atoms with Crippen molar-refractivity contribution in [2.24, 2.45) is 5.92 Å². The highest BCUT2D eigenvalue weighted by atomic mass is 19.1. The number of nitrogens with zero attached hydrogens (tertiary/aromatic N) is 1. The standard InChI is InChI=1S/C19H28F2N2O3/c1-3-14(4-2)17(23-7-9-25-10-8-23)12-22-19(24)13-26-18-6-5-15(20)11-16(18)21/h5-6,11,14,17H,3-4,7-10,12-13H2,1-2H3,(H,22,24). The largest absolute Gasteiger partial charge is 0.481 e. The Morgan fingerprint density at radius 3 is 2.58 bits per heavy atom. The van der Waals surface area contributed by atoms with Crippen molar-refractivity contribution in [2.75, 3.05) is 39.5 Å². The molecule has 1 aliphatic rings. The summed E-state index contributed by atoms with van der Waals surface area (Å²) in [6, 6.07) is 3.24. The van der Waals surface area contributed by atoms with Gasteiger partial charge in [-0.3, -0.25) is 9.69 Å². The molecule has 1 amide bonds. The van der Waals surface area contributed by atoms with Gasteiger partial charge in [-0.1, -0.05) is 26.7 Å². The molecule has 1 aromatic rings. The summed E-state index contributed by atoms with van der Waals surface area (Å²) < 4.78 is 37.0. The topological polar surface area (TPSA) is 50.8 Å². The highest BCUT2D eigenvalue weighted by Gasteiger charge is 2.27. The first kappa shape index (κ1) is 20.6. The quantitative estimate of drug-likeness (QED) is 0.726. The number of hydrogen-bond donors (Lipinski definition) is 1. The van der Waals surface area contributed by atoms with E-state index in [1.165, 1.54) is 6.07 Å². The maximum atomic E-state index is 13.5. The lowest BCUT2D eigenvalue weighted by atomic mass is 9.92. The second kappa shape index (κ2) is 10.4. The minimum absolute atomic E-state index is 0.133. The van der Waals surface area contributed by atoms with Crippen LogP contribution in [0.15, 0.2) is 18.2 Å². The van der Waals surface area contributed by atoms with Crippen LogP contribution in [-0.4, -0.2) is 56.3 Å². The SMILES string of the molecule is CCC(CC)C(CNC(=O)COc1ccc(F)cc1F)N1CCOCC1. The molecular weight excluding hydrogens is 342 g/mol. The molecule has 146 valence electrons. The molecule has 2 rings (SSSR count). The van der Waals surface area contributed by atoms with Gasteiger partial charge in [0.1, 0.15) is 5.82 Å². The lowest BCUT2D eigenvalue weighted by Crippen LogP contribution is -2.52. The number of carbonyl (C=O) groups excluding carboxylic acids is 1. The number of amides is 1. The lowest BCUT2D eigenvalue weighted by molar-refractivity contribution is -0.123. The third kappa shape index (κ3) is 5.92. The van der Waals surface area contributed by atoms with E-state index in [0.717, 1.165) is 38.1 Å². The van der Waals surface area contributed by atoms with E-state index < -0.39 is 11.6 Å². The zero-order valence-corrected chi connectivity index (χ0v) is 15.5. The minimum Gasteiger partial charge on any atom is -0.481 e. The number of hydrogen-bond acceptors (Lipinski definition) is 4. The molecule has 1 heterocycles. The van der Waals surface area contributed by atoms with Crippen molar-refractivity contribution in [1.29, 1.82) is 0 Å². The molecule has 1 aliphatic heterocycles. The van der Waals surface area contributed by atoms with Gasteiger partial charge in [0.25, 0.3) is 5.91 Å². The zero-order valence-electron chi connectivity index (χ0n) is 15.5. The summed E-state index contributed by atoms with van der Waals surface area (Å²) >= 11 is 0. The fourth-order valence-corrected chi connectivity index (χ4v) is 3.34. The molecule has 1 aromatic carbocycles. The summed E-state index contributed by atoms with van der Waals surface area (Å²) in [6.07, 6.45) is 2.07. The molecular formula is C19H28F2N2O3. The maximum absolute atomic E-state index is 13.5. The number of nitrogens with one attached hydrogen (secondary N) is 1. The van der Waals surface area contributed by atoms with Gasteiger partial charge in [0.15, 0.2) is 18.2 Å². The van der Waals surface area contributed by atoms with Crippen molar-refractivity contribution in [3.63, 3.8) is 0 Å². The van der Waals surface area contributed by atoms with E-state index in [-0.39, 0.29) is 24.3 Å². The molecule has 0 bridgehead atoms. The lowest BCUT2D eigenvalue weighted by Gasteiger charge is -2.38. The van der Waals surface area contributed by atoms with Gasteiger partial charge in [0.05, 0.1) is 13.2 Å². The Labute approximate surface area is 153 Å². The predicted octanol–water partition coefficient (Wildman–Crippen LogP) is 2.60. The van der Waals surface area contributed by atoms with Crippen LogP contribution >= 0.6 is 0 Å². The fourth-order valence-electron chi connectivity index (χ4n) is 3.34. The van der Waals surface area contributed by atoms with Gasteiger partial charge in [-0.25, -0.2) is 8.78 Å². The van der Waals surface area contributed by atoms with Crippen LogP contribution < -0.4 is 10.1 Å². The van der Waals surface area contributed by atoms with Crippen molar-refractivity contribution < 1.29 is 23.0 Å². The molecule has 1 fully saturated rings. The summed E-state index contributed by atoms with van der Waals surface area (Å²) in [7, 11) is 0. The number of morpholine rings is 1. The van der Waals surface area contributed by atoms with E-state index in [1.807, 2.05) is 0 Å². The van der Waals surface area contributed by atoms with Crippen LogP contribution in [0, 0.1) is 17.6 Å². The van der Waals surface area contributed by atoms with E-state index >= 15 is 0 Å². The first-order valence-corrected chi connectivity index (χ1v) is 9.21. The van der Waals surface area contributed by atoms with E-state index in [0.29, 0.717) is 25.7 Å². The van der Waals surface area contributed by atoms with Gasteiger partial charge in [0, 0.05) is 31.7 Å². The van der Waals surface area contributed by atoms with Gasteiger partial charge in [-0.15, -0.1) is 0 Å². The van der Waals surface area contributed by atoms with Crippen molar-refractivity contribution in [3.05, 3.63) is 29.8 Å². The third-order valence-electron chi connectivity index (χ3n) is 4.87. The summed E-state index contributed by atoms with van der Waals surface area (Å²) in [5.41, 5.74) is 0. The molecule has 26 heavy (non-hydrogen) atoms. The Kier molecular flexibility index (Phi) is 8.25. The molecule has 1 N–H and O–H groups in total. The number of halogens is 2. The molecule has 1 unspecified atom stereocenters. The highest BCUT2D eigenvalue weighted by molar-refractivity contribution is 5.77. The van der Waals surface area contributed by atoms with Gasteiger partial charge in [-0.2, -0.15) is 0 Å². The highest BCUT2D eigenvalue weighted by Crippen LogP contribution is 2.20. The van der Waals surface area contributed by atoms with E-state index in [1.54, 1.807) is 0 Å². The van der Waals surface area contributed by atoms with Crippen LogP contribution in [0.5, 0.6) is 5.75 Å². The molecule has 1 saturated heterocycles. The molecule has 7 heteroatoms. The third-order valence-corrected chi connectivity index (χ3v) is 4.87. The van der Waals surface area contributed by atoms with Crippen molar-refractivity contribution in [3.8, 4) is 5.75 Å².